The lowest BCUT2D eigenvalue weighted by molar-refractivity contribution is -0.117. The highest BCUT2D eigenvalue weighted by atomic mass is 79.9. The third-order valence-corrected chi connectivity index (χ3v) is 4.27. The van der Waals surface area contributed by atoms with Gasteiger partial charge in [0.1, 0.15) is 4.60 Å². The predicted octanol–water partition coefficient (Wildman–Crippen LogP) is 2.92. The van der Waals surface area contributed by atoms with Gasteiger partial charge in [0, 0.05) is 29.9 Å². The van der Waals surface area contributed by atoms with E-state index in [1.165, 1.54) is 0 Å². The molecule has 0 spiro atoms. The minimum Gasteiger partial charge on any atom is -0.312 e. The van der Waals surface area contributed by atoms with Crippen LogP contribution in [0.2, 0.25) is 0 Å². The van der Waals surface area contributed by atoms with E-state index in [-0.39, 0.29) is 11.8 Å². The molecule has 4 nitrogen and oxygen atoms in total. The van der Waals surface area contributed by atoms with Crippen LogP contribution in [-0.4, -0.2) is 28.5 Å². The summed E-state index contributed by atoms with van der Waals surface area (Å²) in [4.78, 5) is 13.7. The van der Waals surface area contributed by atoms with Gasteiger partial charge in [0.25, 0.3) is 0 Å². The Morgan fingerprint density at radius 1 is 1.56 bits per heavy atom. The van der Waals surface area contributed by atoms with Crippen molar-refractivity contribution >= 4 is 50.0 Å². The number of amides is 1. The van der Waals surface area contributed by atoms with Crippen LogP contribution in [0.3, 0.4) is 0 Å². The maximum atomic E-state index is 11.9. The Kier molecular flexibility index (Phi) is 3.03. The number of nitrogens with zero attached hydrogens (tertiary/aromatic N) is 2. The fraction of sp³-hybridized carbons (Fsp3) is 0.333. The van der Waals surface area contributed by atoms with Gasteiger partial charge in [-0.3, -0.25) is 9.89 Å². The predicted molar refractivity (Wildman–Crippen MR) is 75.0 cm³/mol. The highest BCUT2D eigenvalue weighted by Gasteiger charge is 2.30. The second kappa shape index (κ2) is 4.55. The smallest absolute Gasteiger partial charge is 0.227 e. The first-order chi connectivity index (χ1) is 8.69. The minimum absolute atomic E-state index is 0.134. The van der Waals surface area contributed by atoms with E-state index in [4.69, 9.17) is 11.6 Å². The quantitative estimate of drug-likeness (QED) is 0.862. The lowest BCUT2D eigenvalue weighted by Crippen LogP contribution is -2.24. The first-order valence-corrected chi connectivity index (χ1v) is 7.01. The van der Waals surface area contributed by atoms with Crippen LogP contribution < -0.4 is 4.90 Å². The number of hydrogen-bond donors (Lipinski definition) is 1. The molecule has 18 heavy (non-hydrogen) atoms. The highest BCUT2D eigenvalue weighted by molar-refractivity contribution is 9.10. The Bertz CT molecular complexity index is 612. The number of aromatic nitrogens is 2. The van der Waals surface area contributed by atoms with Gasteiger partial charge >= 0.3 is 0 Å². The number of fused-ring (bicyclic) bond motifs is 1. The Labute approximate surface area is 117 Å². The van der Waals surface area contributed by atoms with Crippen LogP contribution in [-0.2, 0) is 4.79 Å². The molecule has 2 aromatic rings. The van der Waals surface area contributed by atoms with Crippen LogP contribution in [0.15, 0.2) is 22.8 Å². The molecule has 0 radical (unpaired) electrons. The zero-order chi connectivity index (χ0) is 12.7. The number of aromatic amines is 1. The van der Waals surface area contributed by atoms with Crippen molar-refractivity contribution in [3.05, 3.63) is 22.8 Å². The van der Waals surface area contributed by atoms with Gasteiger partial charge in [-0.25, -0.2) is 0 Å². The van der Waals surface area contributed by atoms with Crippen molar-refractivity contribution in [3.63, 3.8) is 0 Å². The molecule has 94 valence electrons. The van der Waals surface area contributed by atoms with E-state index >= 15 is 0 Å². The zero-order valence-corrected chi connectivity index (χ0v) is 11.8. The monoisotopic (exact) mass is 327 g/mol. The summed E-state index contributed by atoms with van der Waals surface area (Å²) < 4.78 is 0.857. The number of benzene rings is 1. The number of alkyl halides is 1. The molecular weight excluding hydrogens is 318 g/mol. The molecule has 0 aliphatic carbocycles. The largest absolute Gasteiger partial charge is 0.312 e. The van der Waals surface area contributed by atoms with E-state index in [9.17, 15) is 4.79 Å². The first-order valence-electron chi connectivity index (χ1n) is 5.69. The zero-order valence-electron chi connectivity index (χ0n) is 9.49. The Morgan fingerprint density at radius 2 is 2.39 bits per heavy atom. The topological polar surface area (TPSA) is 49.0 Å². The molecule has 2 heterocycles. The molecular formula is C12H11BrClN3O. The molecule has 1 N–H and O–H groups in total. The average Bonchev–Trinajstić information content (AvgIpc) is 2.93. The third kappa shape index (κ3) is 1.91. The summed E-state index contributed by atoms with van der Waals surface area (Å²) in [7, 11) is 0. The molecule has 6 heteroatoms. The Balaban J connectivity index is 1.97. The molecule has 1 aromatic carbocycles. The number of hydrogen-bond acceptors (Lipinski definition) is 2. The van der Waals surface area contributed by atoms with Crippen molar-refractivity contribution in [1.82, 2.24) is 10.2 Å². The number of carbonyl (C=O) groups excluding carboxylic acids is 1. The van der Waals surface area contributed by atoms with E-state index in [1.54, 1.807) is 4.90 Å². The van der Waals surface area contributed by atoms with Gasteiger partial charge < -0.3 is 4.90 Å². The van der Waals surface area contributed by atoms with Crippen LogP contribution >= 0.6 is 27.5 Å². The van der Waals surface area contributed by atoms with E-state index in [2.05, 4.69) is 26.1 Å². The number of halogens is 2. The molecule has 1 saturated heterocycles. The van der Waals surface area contributed by atoms with E-state index in [0.717, 1.165) is 21.2 Å². The number of anilines is 1. The summed E-state index contributed by atoms with van der Waals surface area (Å²) in [5, 5.41) is 8.06. The van der Waals surface area contributed by atoms with Crippen molar-refractivity contribution in [2.24, 2.45) is 5.92 Å². The highest BCUT2D eigenvalue weighted by Crippen LogP contribution is 2.29. The normalized spacial score (nSPS) is 20.0. The van der Waals surface area contributed by atoms with Crippen molar-refractivity contribution in [1.29, 1.82) is 0 Å². The molecule has 1 unspecified atom stereocenters. The van der Waals surface area contributed by atoms with Gasteiger partial charge in [-0.2, -0.15) is 5.10 Å². The summed E-state index contributed by atoms with van der Waals surface area (Å²) in [6.07, 6.45) is 0.534. The van der Waals surface area contributed by atoms with Crippen LogP contribution in [0.25, 0.3) is 10.9 Å². The molecule has 1 atom stereocenters. The Hall–Kier alpha value is -1.07. The maximum absolute atomic E-state index is 11.9. The number of carbonyl (C=O) groups is 1. The molecule has 1 amide bonds. The average molecular weight is 329 g/mol. The van der Waals surface area contributed by atoms with Crippen molar-refractivity contribution in [2.75, 3.05) is 17.3 Å². The van der Waals surface area contributed by atoms with Crippen molar-refractivity contribution in [3.8, 4) is 0 Å². The summed E-state index contributed by atoms with van der Waals surface area (Å²) in [5.74, 6) is 0.911. The summed E-state index contributed by atoms with van der Waals surface area (Å²) >= 11 is 9.21. The molecule has 3 rings (SSSR count). The van der Waals surface area contributed by atoms with Gasteiger partial charge in [-0.15, -0.1) is 11.6 Å². The molecule has 1 aliphatic heterocycles. The molecule has 1 fully saturated rings. The lowest BCUT2D eigenvalue weighted by Gasteiger charge is -2.16. The van der Waals surface area contributed by atoms with Crippen LogP contribution in [0.5, 0.6) is 0 Å². The van der Waals surface area contributed by atoms with Gasteiger partial charge in [0.05, 0.1) is 5.52 Å². The van der Waals surface area contributed by atoms with E-state index < -0.39 is 0 Å². The van der Waals surface area contributed by atoms with Gasteiger partial charge in [0.15, 0.2) is 0 Å². The van der Waals surface area contributed by atoms with Crippen LogP contribution in [0, 0.1) is 5.92 Å². The standard InChI is InChI=1S/C12H11BrClN3O/c13-12-9-2-1-8(4-10(9)15-16-12)17-6-7(5-14)3-11(17)18/h1-2,4,7H,3,5-6H2,(H,15,16). The molecule has 0 saturated carbocycles. The fourth-order valence-corrected chi connectivity index (χ4v) is 2.90. The Morgan fingerprint density at radius 3 is 3.11 bits per heavy atom. The van der Waals surface area contributed by atoms with Crippen LogP contribution in [0.4, 0.5) is 5.69 Å². The number of rotatable bonds is 2. The maximum Gasteiger partial charge on any atom is 0.227 e. The minimum atomic E-state index is 0.134. The molecule has 1 aromatic heterocycles. The summed E-state index contributed by atoms with van der Waals surface area (Å²) in [6, 6.07) is 5.82. The van der Waals surface area contributed by atoms with E-state index in [1.807, 2.05) is 18.2 Å². The lowest BCUT2D eigenvalue weighted by atomic mass is 10.1. The molecule has 0 bridgehead atoms. The SMILES string of the molecule is O=C1CC(CCl)CN1c1ccc2c(Br)[nH]nc2c1. The fourth-order valence-electron chi connectivity index (χ4n) is 2.27. The van der Waals surface area contributed by atoms with Crippen LogP contribution in [0.1, 0.15) is 6.42 Å². The third-order valence-electron chi connectivity index (χ3n) is 3.23. The van der Waals surface area contributed by atoms with Crippen molar-refractivity contribution in [2.45, 2.75) is 6.42 Å². The van der Waals surface area contributed by atoms with Gasteiger partial charge in [-0.1, -0.05) is 0 Å². The first kappa shape index (κ1) is 12.0. The van der Waals surface area contributed by atoms with Gasteiger partial charge in [-0.05, 0) is 40.0 Å². The number of H-pyrrole nitrogens is 1. The summed E-state index contributed by atoms with van der Waals surface area (Å²) in [6.45, 7) is 0.694. The number of nitrogens with one attached hydrogen (secondary N) is 1. The molecule has 1 aliphatic rings. The van der Waals surface area contributed by atoms with E-state index in [0.29, 0.717) is 18.8 Å². The van der Waals surface area contributed by atoms with Crippen molar-refractivity contribution < 1.29 is 4.79 Å². The second-order valence-electron chi connectivity index (χ2n) is 4.47. The second-order valence-corrected chi connectivity index (χ2v) is 5.57. The summed E-state index contributed by atoms with van der Waals surface area (Å²) in [5.41, 5.74) is 1.74. The van der Waals surface area contributed by atoms with Gasteiger partial charge in [0.2, 0.25) is 5.91 Å².